The Morgan fingerprint density at radius 1 is 1.18 bits per heavy atom. The Kier molecular flexibility index (Phi) is 9.69. The van der Waals surface area contributed by atoms with Gasteiger partial charge in [0.25, 0.3) is 0 Å². The molecule has 0 aliphatic heterocycles. The Morgan fingerprint density at radius 3 is 1.45 bits per heavy atom. The van der Waals surface area contributed by atoms with Gasteiger partial charge in [-0.2, -0.15) is 0 Å². The van der Waals surface area contributed by atoms with Gasteiger partial charge in [0.1, 0.15) is 6.54 Å². The average Bonchev–Trinajstić information content (AvgIpc) is 1.58. The molecule has 0 aliphatic rings. The number of halogens is 3. The molecule has 70 valence electrons. The lowest BCUT2D eigenvalue weighted by Gasteiger charge is -2.21. The number of likely N-dealkylation sites (N-methyl/N-ethyl adjacent to an activating group) is 1. The van der Waals surface area contributed by atoms with Crippen LogP contribution >= 0.6 is 34.8 Å². The lowest BCUT2D eigenvalue weighted by molar-refractivity contribution is -0.870. The van der Waals surface area contributed by atoms with E-state index >= 15 is 0 Å². The van der Waals surface area contributed by atoms with E-state index in [0.717, 1.165) is 11.0 Å². The fourth-order valence-electron chi connectivity index (χ4n) is 0.300. The molecule has 0 unspecified atom stereocenters. The number of rotatable bonds is 2. The minimum atomic E-state index is -0.750. The Labute approximate surface area is 83.2 Å². The van der Waals surface area contributed by atoms with Crippen LogP contribution in [0.15, 0.2) is 0 Å². The Morgan fingerprint density at radius 2 is 1.45 bits per heavy atom. The highest BCUT2D eigenvalue weighted by atomic mass is 35.6. The van der Waals surface area contributed by atoms with Gasteiger partial charge in [-0.05, 0) is 0 Å². The third-order valence-electron chi connectivity index (χ3n) is 0.771. The molecule has 0 aromatic carbocycles. The van der Waals surface area contributed by atoms with Crippen molar-refractivity contribution < 1.29 is 9.59 Å². The van der Waals surface area contributed by atoms with Crippen molar-refractivity contribution in [3.63, 3.8) is 0 Å². The molecule has 2 nitrogen and oxygen atoms in total. The summed E-state index contributed by atoms with van der Waals surface area (Å²) < 4.78 is 0.0938. The lowest BCUT2D eigenvalue weighted by Crippen LogP contribution is -2.36. The summed E-state index contributed by atoms with van der Waals surface area (Å²) in [6.07, 6.45) is 0. The first-order valence-electron chi connectivity index (χ1n) is 3.13. The predicted octanol–water partition coefficient (Wildman–Crippen LogP) is 1.67. The van der Waals surface area contributed by atoms with E-state index in [1.165, 1.54) is 0 Å². The molecule has 0 heterocycles. The number of hydrogen-bond donors (Lipinski definition) is 1. The fraction of sp³-hybridized carbons (Fsp3) is 1.00. The molecule has 0 spiro atoms. The highest BCUT2D eigenvalue weighted by Crippen LogP contribution is 2.03. The monoisotopic (exact) mass is 222 g/mol. The zero-order valence-corrected chi connectivity index (χ0v) is 9.29. The summed E-state index contributed by atoms with van der Waals surface area (Å²) in [5, 5.41) is 8.39. The molecule has 0 fully saturated rings. The molecule has 0 aromatic heterocycles. The van der Waals surface area contributed by atoms with Crippen LogP contribution in [-0.4, -0.2) is 48.2 Å². The van der Waals surface area contributed by atoms with Gasteiger partial charge in [-0.1, -0.05) is 34.8 Å². The van der Waals surface area contributed by atoms with Gasteiger partial charge in [0.15, 0.2) is 4.30 Å². The summed E-state index contributed by atoms with van der Waals surface area (Å²) in [7, 11) is 6.16. The van der Waals surface area contributed by atoms with Gasteiger partial charge in [0.2, 0.25) is 0 Å². The molecule has 0 saturated heterocycles. The van der Waals surface area contributed by atoms with Crippen LogP contribution in [0.3, 0.4) is 0 Å². The maximum atomic E-state index is 8.39. The molecule has 0 saturated carbocycles. The average molecular weight is 224 g/mol. The predicted molar refractivity (Wildman–Crippen MR) is 51.3 cm³/mol. The highest BCUT2D eigenvalue weighted by Gasteiger charge is 2.02. The Bertz CT molecular complexity index is 79.6. The van der Waals surface area contributed by atoms with Crippen LogP contribution in [0.25, 0.3) is 0 Å². The van der Waals surface area contributed by atoms with E-state index in [9.17, 15) is 0 Å². The van der Waals surface area contributed by atoms with Crippen molar-refractivity contribution in [2.24, 2.45) is 0 Å². The largest absolute Gasteiger partial charge is 0.391 e. The SMILES string of the molecule is C[N+](C)(C)CCO.ClC(Cl)Cl. The van der Waals surface area contributed by atoms with Crippen LogP contribution in [0.1, 0.15) is 0 Å². The van der Waals surface area contributed by atoms with E-state index in [1.54, 1.807) is 0 Å². The van der Waals surface area contributed by atoms with Crippen LogP contribution in [0.4, 0.5) is 0 Å². The number of aliphatic hydroxyl groups excluding tert-OH is 1. The first-order chi connectivity index (χ1) is 4.79. The molecular formula is C6H15Cl3NO+. The molecule has 5 heteroatoms. The van der Waals surface area contributed by atoms with E-state index in [1.807, 2.05) is 0 Å². The first kappa shape index (κ1) is 14.3. The second-order valence-corrected chi connectivity index (χ2v) is 4.96. The number of quaternary nitrogens is 1. The molecular weight excluding hydrogens is 208 g/mol. The second-order valence-electron chi connectivity index (χ2n) is 2.98. The van der Waals surface area contributed by atoms with Crippen molar-refractivity contribution >= 4 is 34.8 Å². The van der Waals surface area contributed by atoms with Crippen molar-refractivity contribution in [1.82, 2.24) is 0 Å². The molecule has 0 radical (unpaired) electrons. The van der Waals surface area contributed by atoms with E-state index in [0.29, 0.717) is 0 Å². The standard InChI is InChI=1S/C5H14NO.CHCl3/c1-6(2,3)4-5-7;2-1(3)4/h7H,4-5H2,1-3H3;1H/q+1;. The summed E-state index contributed by atoms with van der Waals surface area (Å²) in [4.78, 5) is 0. The number of nitrogens with zero attached hydrogens (tertiary/aromatic N) is 1. The molecule has 0 amide bonds. The van der Waals surface area contributed by atoms with Gasteiger partial charge < -0.3 is 9.59 Å². The van der Waals surface area contributed by atoms with Crippen molar-refractivity contribution in [1.29, 1.82) is 0 Å². The Hall–Kier alpha value is 0.790. The van der Waals surface area contributed by atoms with E-state index < -0.39 is 4.30 Å². The molecule has 0 rings (SSSR count). The van der Waals surface area contributed by atoms with Crippen LogP contribution in [0, 0.1) is 0 Å². The topological polar surface area (TPSA) is 20.2 Å². The van der Waals surface area contributed by atoms with Crippen molar-refractivity contribution in [3.8, 4) is 0 Å². The fourth-order valence-corrected chi connectivity index (χ4v) is 0.300. The highest BCUT2D eigenvalue weighted by molar-refractivity contribution is 6.63. The lowest BCUT2D eigenvalue weighted by atomic mass is 10.5. The zero-order valence-electron chi connectivity index (χ0n) is 7.02. The normalized spacial score (nSPS) is 10.9. The molecule has 0 aromatic rings. The quantitative estimate of drug-likeness (QED) is 0.558. The van der Waals surface area contributed by atoms with E-state index in [4.69, 9.17) is 39.9 Å². The third kappa shape index (κ3) is 36.3. The summed E-state index contributed by atoms with van der Waals surface area (Å²) >= 11 is 14.4. The van der Waals surface area contributed by atoms with Crippen LogP contribution in [0.2, 0.25) is 0 Å². The zero-order chi connectivity index (χ0) is 9.49. The van der Waals surface area contributed by atoms with Crippen molar-refractivity contribution in [2.45, 2.75) is 4.30 Å². The molecule has 0 bridgehead atoms. The van der Waals surface area contributed by atoms with Crippen molar-refractivity contribution in [3.05, 3.63) is 0 Å². The first-order valence-corrected chi connectivity index (χ1v) is 4.44. The molecule has 1 N–H and O–H groups in total. The minimum Gasteiger partial charge on any atom is -0.391 e. The maximum absolute atomic E-state index is 8.39. The van der Waals surface area contributed by atoms with Crippen LogP contribution < -0.4 is 0 Å². The Balaban J connectivity index is 0. The number of alkyl halides is 3. The third-order valence-corrected chi connectivity index (χ3v) is 0.771. The summed E-state index contributed by atoms with van der Waals surface area (Å²) in [5.41, 5.74) is 0. The van der Waals surface area contributed by atoms with Gasteiger partial charge in [-0.25, -0.2) is 0 Å². The van der Waals surface area contributed by atoms with Gasteiger partial charge in [-0.3, -0.25) is 0 Å². The summed E-state index contributed by atoms with van der Waals surface area (Å²) in [5.74, 6) is 0. The van der Waals surface area contributed by atoms with Gasteiger partial charge in [-0.15, -0.1) is 0 Å². The molecule has 0 atom stereocenters. The van der Waals surface area contributed by atoms with Gasteiger partial charge in [0, 0.05) is 0 Å². The minimum absolute atomic E-state index is 0.281. The van der Waals surface area contributed by atoms with Crippen molar-refractivity contribution in [2.75, 3.05) is 34.3 Å². The maximum Gasteiger partial charge on any atom is 0.180 e. The number of hydrogen-bond acceptors (Lipinski definition) is 1. The molecule has 11 heavy (non-hydrogen) atoms. The molecule has 0 aliphatic carbocycles. The van der Waals surface area contributed by atoms with Crippen LogP contribution in [0.5, 0.6) is 0 Å². The smallest absolute Gasteiger partial charge is 0.180 e. The summed E-state index contributed by atoms with van der Waals surface area (Å²) in [6.45, 7) is 1.11. The van der Waals surface area contributed by atoms with Crippen LogP contribution in [-0.2, 0) is 0 Å². The summed E-state index contributed by atoms with van der Waals surface area (Å²) in [6, 6.07) is 0. The second kappa shape index (κ2) is 7.44. The van der Waals surface area contributed by atoms with E-state index in [-0.39, 0.29) is 6.61 Å². The van der Waals surface area contributed by atoms with Gasteiger partial charge >= 0.3 is 0 Å². The number of aliphatic hydroxyl groups is 1. The van der Waals surface area contributed by atoms with E-state index in [2.05, 4.69) is 21.1 Å². The van der Waals surface area contributed by atoms with Gasteiger partial charge in [0.05, 0.1) is 27.7 Å².